The second kappa shape index (κ2) is 9.65. The highest BCUT2D eigenvalue weighted by atomic mass is 16.6. The second-order valence-electron chi connectivity index (χ2n) is 6.99. The molecule has 1 unspecified atom stereocenters. The Kier molecular flexibility index (Phi) is 6.96. The molecule has 1 aromatic heterocycles. The predicted octanol–water partition coefficient (Wildman–Crippen LogP) is 2.98. The molecule has 9 heteroatoms. The summed E-state index contributed by atoms with van der Waals surface area (Å²) in [5.41, 5.74) is 3.24. The Bertz CT molecular complexity index is 1020. The van der Waals surface area contributed by atoms with Crippen LogP contribution in [-0.2, 0) is 14.3 Å². The van der Waals surface area contributed by atoms with Crippen molar-refractivity contribution in [1.82, 2.24) is 15.5 Å². The van der Waals surface area contributed by atoms with Crippen LogP contribution in [0.25, 0.3) is 5.57 Å². The van der Waals surface area contributed by atoms with Gasteiger partial charge in [-0.3, -0.25) is 0 Å². The van der Waals surface area contributed by atoms with Gasteiger partial charge in [0.1, 0.15) is 6.61 Å². The predicted molar refractivity (Wildman–Crippen MR) is 113 cm³/mol. The van der Waals surface area contributed by atoms with Gasteiger partial charge in [-0.25, -0.2) is 4.79 Å². The number of hydrogen-bond acceptors (Lipinski definition) is 9. The van der Waals surface area contributed by atoms with E-state index in [1.807, 2.05) is 26.0 Å². The topological polar surface area (TPSA) is 105 Å². The number of carbonyl (C=O) groups is 1. The maximum absolute atomic E-state index is 13.2. The van der Waals surface area contributed by atoms with Crippen molar-refractivity contribution in [2.24, 2.45) is 0 Å². The molecule has 166 valence electrons. The van der Waals surface area contributed by atoms with Gasteiger partial charge in [-0.05, 0) is 26.8 Å². The number of carbonyl (C=O) groups excluding carboxylic acids is 1. The molecule has 0 saturated heterocycles. The molecule has 1 aliphatic rings. The first-order chi connectivity index (χ1) is 14.9. The van der Waals surface area contributed by atoms with Crippen LogP contribution in [0.1, 0.15) is 37.0 Å². The molecular formula is C22H27N3O6. The van der Waals surface area contributed by atoms with Gasteiger partial charge in [0.15, 0.2) is 17.3 Å². The summed E-state index contributed by atoms with van der Waals surface area (Å²) >= 11 is 0. The van der Waals surface area contributed by atoms with Gasteiger partial charge in [0, 0.05) is 29.6 Å². The number of methoxy groups -OCH3 is 3. The van der Waals surface area contributed by atoms with Gasteiger partial charge in [0.05, 0.1) is 32.3 Å². The van der Waals surface area contributed by atoms with E-state index in [2.05, 4.69) is 15.5 Å². The van der Waals surface area contributed by atoms with E-state index in [9.17, 15) is 4.79 Å². The smallest absolute Gasteiger partial charge is 0.336 e. The first kappa shape index (κ1) is 22.4. The van der Waals surface area contributed by atoms with E-state index in [0.29, 0.717) is 52.2 Å². The van der Waals surface area contributed by atoms with Crippen molar-refractivity contribution in [3.05, 3.63) is 52.4 Å². The van der Waals surface area contributed by atoms with Crippen molar-refractivity contribution < 1.29 is 28.3 Å². The molecule has 1 aromatic carbocycles. The number of rotatable bonds is 8. The molecule has 9 nitrogen and oxygen atoms in total. The van der Waals surface area contributed by atoms with Gasteiger partial charge >= 0.3 is 5.97 Å². The number of allylic oxidation sites excluding steroid dienone is 3. The van der Waals surface area contributed by atoms with Crippen LogP contribution >= 0.6 is 0 Å². The molecule has 0 radical (unpaired) electrons. The van der Waals surface area contributed by atoms with Gasteiger partial charge in [-0.2, -0.15) is 4.98 Å². The van der Waals surface area contributed by atoms with Crippen LogP contribution in [0, 0.1) is 6.92 Å². The summed E-state index contributed by atoms with van der Waals surface area (Å²) in [7, 11) is 4.67. The molecule has 0 bridgehead atoms. The molecule has 0 aliphatic carbocycles. The fourth-order valence-corrected chi connectivity index (χ4v) is 3.70. The molecule has 3 rings (SSSR count). The van der Waals surface area contributed by atoms with Crippen molar-refractivity contribution in [2.75, 3.05) is 34.5 Å². The van der Waals surface area contributed by atoms with Crippen LogP contribution in [0.3, 0.4) is 0 Å². The molecule has 2 heterocycles. The van der Waals surface area contributed by atoms with Crippen molar-refractivity contribution in [2.45, 2.75) is 26.7 Å². The van der Waals surface area contributed by atoms with E-state index in [1.165, 1.54) is 0 Å². The van der Waals surface area contributed by atoms with E-state index >= 15 is 0 Å². The Balaban J connectivity index is 2.21. The van der Waals surface area contributed by atoms with Gasteiger partial charge in [0.2, 0.25) is 0 Å². The zero-order valence-corrected chi connectivity index (χ0v) is 18.6. The molecule has 31 heavy (non-hydrogen) atoms. The monoisotopic (exact) mass is 429 g/mol. The molecule has 2 aromatic rings. The highest BCUT2D eigenvalue weighted by Crippen LogP contribution is 2.48. The van der Waals surface area contributed by atoms with Gasteiger partial charge < -0.3 is 28.8 Å². The third kappa shape index (κ3) is 4.41. The number of dihydropyridines is 1. The lowest BCUT2D eigenvalue weighted by Crippen LogP contribution is -2.29. The zero-order valence-electron chi connectivity index (χ0n) is 18.6. The fourth-order valence-electron chi connectivity index (χ4n) is 3.70. The van der Waals surface area contributed by atoms with Crippen LogP contribution in [0.4, 0.5) is 0 Å². The van der Waals surface area contributed by atoms with Crippen molar-refractivity contribution in [3.8, 4) is 11.5 Å². The lowest BCUT2D eigenvalue weighted by Gasteiger charge is -2.31. The molecule has 1 N–H and O–H groups in total. The molecule has 1 aliphatic heterocycles. The number of nitrogens with zero attached hydrogens (tertiary/aromatic N) is 2. The fraction of sp³-hybridized carbons (Fsp3) is 0.409. The summed E-state index contributed by atoms with van der Waals surface area (Å²) in [5.74, 6) is 0.795. The van der Waals surface area contributed by atoms with E-state index in [-0.39, 0.29) is 6.61 Å². The summed E-state index contributed by atoms with van der Waals surface area (Å²) in [6, 6.07) is 5.52. The normalized spacial score (nSPS) is 16.3. The lowest BCUT2D eigenvalue weighted by molar-refractivity contribution is -0.140. The van der Waals surface area contributed by atoms with Crippen LogP contribution < -0.4 is 14.8 Å². The lowest BCUT2D eigenvalue weighted by atomic mass is 9.79. The minimum atomic E-state index is -0.582. The van der Waals surface area contributed by atoms with Crippen LogP contribution in [0.2, 0.25) is 0 Å². The Hall–Kier alpha value is -3.33. The van der Waals surface area contributed by atoms with Crippen molar-refractivity contribution in [3.63, 3.8) is 0 Å². The highest BCUT2D eigenvalue weighted by Gasteiger charge is 2.39. The van der Waals surface area contributed by atoms with E-state index in [1.54, 1.807) is 34.3 Å². The number of para-hydroxylation sites is 1. The number of hydrogen-bond donors (Lipinski definition) is 1. The highest BCUT2D eigenvalue weighted by molar-refractivity contribution is 5.97. The first-order valence-electron chi connectivity index (χ1n) is 9.79. The minimum absolute atomic E-state index is 0.131. The Morgan fingerprint density at radius 1 is 1.10 bits per heavy atom. The zero-order chi connectivity index (χ0) is 22.5. The minimum Gasteiger partial charge on any atom is -0.493 e. The van der Waals surface area contributed by atoms with Crippen LogP contribution in [0.15, 0.2) is 39.7 Å². The summed E-state index contributed by atoms with van der Waals surface area (Å²) in [5, 5.41) is 7.18. The number of aromatic nitrogens is 2. The number of aryl methyl sites for hydroxylation is 1. The molecule has 0 saturated carbocycles. The maximum Gasteiger partial charge on any atom is 0.336 e. The third-order valence-electron chi connectivity index (χ3n) is 5.00. The third-order valence-corrected chi connectivity index (χ3v) is 5.00. The largest absolute Gasteiger partial charge is 0.493 e. The number of ether oxygens (including phenoxy) is 4. The van der Waals surface area contributed by atoms with E-state index in [4.69, 9.17) is 23.5 Å². The average Bonchev–Trinajstić information content (AvgIpc) is 3.18. The number of esters is 1. The summed E-state index contributed by atoms with van der Waals surface area (Å²) in [6.45, 7) is 5.88. The van der Waals surface area contributed by atoms with Gasteiger partial charge in [0.25, 0.3) is 5.89 Å². The van der Waals surface area contributed by atoms with E-state index in [0.717, 1.165) is 5.70 Å². The number of benzene rings is 1. The Morgan fingerprint density at radius 2 is 1.87 bits per heavy atom. The molecule has 0 amide bonds. The summed E-state index contributed by atoms with van der Waals surface area (Å²) in [6.07, 6.45) is 0. The molecule has 0 spiro atoms. The van der Waals surface area contributed by atoms with E-state index < -0.39 is 11.9 Å². The Labute approximate surface area is 181 Å². The number of nitrogens with one attached hydrogen (secondary N) is 1. The summed E-state index contributed by atoms with van der Waals surface area (Å²) < 4.78 is 27.1. The molecule has 1 atom stereocenters. The second-order valence-corrected chi connectivity index (χ2v) is 6.99. The molecule has 0 fully saturated rings. The standard InChI is InChI=1S/C22H27N3O6/c1-12-17(21-24-14(3)25-31-21)19(15-8-7-9-16(28-5)20(15)29-6)18(13(2)23-12)22(26)30-11-10-27-4/h7-9,19,23H,10-11H2,1-6H3. The quantitative estimate of drug-likeness (QED) is 0.501. The Morgan fingerprint density at radius 3 is 2.48 bits per heavy atom. The average molecular weight is 429 g/mol. The molecular weight excluding hydrogens is 402 g/mol. The van der Waals surface area contributed by atoms with Crippen LogP contribution in [-0.4, -0.2) is 50.7 Å². The SMILES string of the molecule is COCCOC(=O)C1=C(C)NC(C)=C(c2nc(C)no2)C1c1cccc(OC)c1OC. The summed E-state index contributed by atoms with van der Waals surface area (Å²) in [4.78, 5) is 17.6. The van der Waals surface area contributed by atoms with Crippen molar-refractivity contribution in [1.29, 1.82) is 0 Å². The maximum atomic E-state index is 13.2. The first-order valence-corrected chi connectivity index (χ1v) is 9.79. The van der Waals surface area contributed by atoms with Crippen LogP contribution in [0.5, 0.6) is 11.5 Å². The van der Waals surface area contributed by atoms with Gasteiger partial charge in [-0.15, -0.1) is 0 Å². The van der Waals surface area contributed by atoms with Gasteiger partial charge in [-0.1, -0.05) is 17.3 Å². The van der Waals surface area contributed by atoms with Crippen molar-refractivity contribution >= 4 is 11.5 Å².